The van der Waals surface area contributed by atoms with Crippen molar-refractivity contribution in [3.05, 3.63) is 48.1 Å². The zero-order chi connectivity index (χ0) is 17.9. The summed E-state index contributed by atoms with van der Waals surface area (Å²) in [6.45, 7) is 2.57. The molecule has 0 N–H and O–H groups in total. The Morgan fingerprint density at radius 1 is 1.38 bits per heavy atom. The minimum absolute atomic E-state index is 0.0523. The summed E-state index contributed by atoms with van der Waals surface area (Å²) in [6, 6.07) is 1.90. The average Bonchev–Trinajstić information content (AvgIpc) is 2.51. The van der Waals surface area contributed by atoms with E-state index in [9.17, 15) is 22.4 Å². The molecule has 1 amide bonds. The lowest BCUT2D eigenvalue weighted by molar-refractivity contribution is -0.128. The number of hydrogen-bond acceptors (Lipinski definition) is 2. The van der Waals surface area contributed by atoms with Gasteiger partial charge in [0.25, 0.3) is 6.43 Å². The second-order valence-corrected chi connectivity index (χ2v) is 6.50. The van der Waals surface area contributed by atoms with Crippen molar-refractivity contribution in [2.24, 2.45) is 0 Å². The van der Waals surface area contributed by atoms with Crippen molar-refractivity contribution >= 4 is 34.2 Å². The van der Waals surface area contributed by atoms with Crippen LogP contribution in [0.4, 0.5) is 17.6 Å². The van der Waals surface area contributed by atoms with Crippen LogP contribution in [0.25, 0.3) is 5.70 Å². The zero-order valence-corrected chi connectivity index (χ0v) is 14.6. The van der Waals surface area contributed by atoms with Gasteiger partial charge in [0.15, 0.2) is 0 Å². The fraction of sp³-hybridized carbons (Fsp3) is 0.312. The van der Waals surface area contributed by atoms with Crippen molar-refractivity contribution in [2.75, 3.05) is 13.2 Å². The molecule has 1 unspecified atom stereocenters. The molecule has 24 heavy (non-hydrogen) atoms. The minimum atomic E-state index is -2.82. The molecule has 0 saturated carbocycles. The molecule has 0 saturated heterocycles. The number of amides is 1. The summed E-state index contributed by atoms with van der Waals surface area (Å²) in [5.41, 5.74) is -0.697. The lowest BCUT2D eigenvalue weighted by Gasteiger charge is -2.31. The van der Waals surface area contributed by atoms with E-state index in [1.165, 1.54) is 12.2 Å². The molecule has 1 aromatic rings. The largest absolute Gasteiger partial charge is 0.489 e. The topological polar surface area (TPSA) is 29.5 Å². The van der Waals surface area contributed by atoms with Crippen LogP contribution in [-0.2, 0) is 4.79 Å². The Morgan fingerprint density at radius 2 is 2.00 bits per heavy atom. The number of carbonyl (C=O) groups is 1. The molecular weight excluding hydrogens is 441 g/mol. The van der Waals surface area contributed by atoms with E-state index in [4.69, 9.17) is 4.74 Å². The van der Waals surface area contributed by atoms with E-state index in [1.54, 1.807) is 0 Å². The van der Waals surface area contributed by atoms with Crippen LogP contribution in [0.15, 0.2) is 30.9 Å². The van der Waals surface area contributed by atoms with E-state index in [1.807, 2.05) is 22.6 Å². The SMILES string of the molecule is C=CCOc1cc(F)c(C2=CCC(I)C(=O)N2CC(F)F)c(F)c1. The van der Waals surface area contributed by atoms with Crippen molar-refractivity contribution in [3.8, 4) is 5.75 Å². The maximum absolute atomic E-state index is 14.3. The molecule has 1 aromatic carbocycles. The predicted molar refractivity (Wildman–Crippen MR) is 90.2 cm³/mol. The van der Waals surface area contributed by atoms with Crippen LogP contribution in [0, 0.1) is 11.6 Å². The Hall–Kier alpha value is -1.58. The van der Waals surface area contributed by atoms with E-state index in [0.717, 1.165) is 17.0 Å². The Bertz CT molecular complexity index is 655. The number of hydrogen-bond donors (Lipinski definition) is 0. The number of benzene rings is 1. The summed E-state index contributed by atoms with van der Waals surface area (Å²) in [7, 11) is 0. The van der Waals surface area contributed by atoms with Gasteiger partial charge < -0.3 is 9.64 Å². The molecule has 8 heteroatoms. The Labute approximate surface area is 150 Å². The van der Waals surface area contributed by atoms with Crippen molar-refractivity contribution in [3.63, 3.8) is 0 Å². The van der Waals surface area contributed by atoms with Gasteiger partial charge in [-0.1, -0.05) is 41.3 Å². The molecule has 1 atom stereocenters. The fourth-order valence-corrected chi connectivity index (χ4v) is 2.90. The molecule has 1 heterocycles. The van der Waals surface area contributed by atoms with Gasteiger partial charge >= 0.3 is 0 Å². The van der Waals surface area contributed by atoms with E-state index < -0.39 is 40.0 Å². The van der Waals surface area contributed by atoms with Crippen LogP contribution in [0.3, 0.4) is 0 Å². The number of halogens is 5. The normalized spacial score (nSPS) is 17.9. The lowest BCUT2D eigenvalue weighted by atomic mass is 10.0. The van der Waals surface area contributed by atoms with Crippen molar-refractivity contribution in [2.45, 2.75) is 16.8 Å². The maximum Gasteiger partial charge on any atom is 0.256 e. The van der Waals surface area contributed by atoms with Gasteiger partial charge in [-0.2, -0.15) is 0 Å². The number of alkyl halides is 3. The van der Waals surface area contributed by atoms with Crippen LogP contribution in [0.2, 0.25) is 0 Å². The molecule has 0 radical (unpaired) electrons. The molecule has 1 aliphatic rings. The Balaban J connectivity index is 2.44. The summed E-state index contributed by atoms with van der Waals surface area (Å²) < 4.78 is 58.8. The van der Waals surface area contributed by atoms with Crippen LogP contribution in [-0.4, -0.2) is 34.3 Å². The van der Waals surface area contributed by atoms with Gasteiger partial charge in [0.2, 0.25) is 5.91 Å². The smallest absolute Gasteiger partial charge is 0.256 e. The number of ether oxygens (including phenoxy) is 1. The molecular formula is C16H14F4INO2. The second kappa shape index (κ2) is 8.00. The molecule has 0 spiro atoms. The maximum atomic E-state index is 14.3. The van der Waals surface area contributed by atoms with Crippen LogP contribution < -0.4 is 4.74 Å². The molecule has 130 valence electrons. The highest BCUT2D eigenvalue weighted by Crippen LogP contribution is 2.34. The highest BCUT2D eigenvalue weighted by atomic mass is 127. The molecule has 0 aliphatic carbocycles. The van der Waals surface area contributed by atoms with E-state index in [-0.39, 0.29) is 24.5 Å². The number of carbonyl (C=O) groups excluding carboxylic acids is 1. The third kappa shape index (κ3) is 4.08. The first-order valence-corrected chi connectivity index (χ1v) is 8.26. The van der Waals surface area contributed by atoms with Gasteiger partial charge in [-0.15, -0.1) is 0 Å². The van der Waals surface area contributed by atoms with Gasteiger partial charge in [0.1, 0.15) is 24.0 Å². The van der Waals surface area contributed by atoms with E-state index >= 15 is 0 Å². The van der Waals surface area contributed by atoms with Gasteiger partial charge in [-0.3, -0.25) is 4.79 Å². The third-order valence-electron chi connectivity index (χ3n) is 3.30. The van der Waals surface area contributed by atoms with Crippen molar-refractivity contribution in [1.29, 1.82) is 0 Å². The summed E-state index contributed by atoms with van der Waals surface area (Å²) >= 11 is 1.81. The first kappa shape index (κ1) is 18.8. The van der Waals surface area contributed by atoms with Crippen LogP contribution in [0.1, 0.15) is 12.0 Å². The summed E-state index contributed by atoms with van der Waals surface area (Å²) in [4.78, 5) is 12.9. The van der Waals surface area contributed by atoms with Crippen molar-refractivity contribution < 1.29 is 27.1 Å². The molecule has 3 nitrogen and oxygen atoms in total. The Morgan fingerprint density at radius 3 is 2.54 bits per heavy atom. The first-order chi connectivity index (χ1) is 11.3. The lowest BCUT2D eigenvalue weighted by Crippen LogP contribution is -2.41. The van der Waals surface area contributed by atoms with Crippen molar-refractivity contribution in [1.82, 2.24) is 4.90 Å². The molecule has 0 bridgehead atoms. The predicted octanol–water partition coefficient (Wildman–Crippen LogP) is 4.17. The van der Waals surface area contributed by atoms with E-state index in [0.29, 0.717) is 0 Å². The van der Waals surface area contributed by atoms with Gasteiger partial charge in [0.05, 0.1) is 21.7 Å². The monoisotopic (exact) mass is 455 g/mol. The number of allylic oxidation sites excluding steroid dienone is 1. The first-order valence-electron chi connectivity index (χ1n) is 7.02. The summed E-state index contributed by atoms with van der Waals surface area (Å²) in [6.07, 6.45) is 0.200. The molecule has 0 aromatic heterocycles. The van der Waals surface area contributed by atoms with Gasteiger partial charge in [-0.05, 0) is 6.42 Å². The standard InChI is InChI=1S/C16H14F4INO2/c1-2-5-24-9-6-10(17)15(11(18)7-9)13-4-3-12(21)16(23)22(13)8-14(19)20/h2,4,6-7,12,14H,1,3,5,8H2. The molecule has 1 aliphatic heterocycles. The number of rotatable bonds is 6. The molecule has 0 fully saturated rings. The minimum Gasteiger partial charge on any atom is -0.489 e. The fourth-order valence-electron chi connectivity index (χ4n) is 2.31. The summed E-state index contributed by atoms with van der Waals surface area (Å²) in [5, 5.41) is 0. The second-order valence-electron chi connectivity index (χ2n) is 4.99. The zero-order valence-electron chi connectivity index (χ0n) is 12.4. The van der Waals surface area contributed by atoms with Crippen LogP contribution in [0.5, 0.6) is 5.75 Å². The van der Waals surface area contributed by atoms with Gasteiger partial charge in [-0.25, -0.2) is 17.6 Å². The third-order valence-corrected chi connectivity index (χ3v) is 4.34. The molecule has 2 rings (SSSR count). The summed E-state index contributed by atoms with van der Waals surface area (Å²) in [5.74, 6) is -2.62. The number of nitrogens with zero attached hydrogens (tertiary/aromatic N) is 1. The highest BCUT2D eigenvalue weighted by Gasteiger charge is 2.33. The van der Waals surface area contributed by atoms with E-state index in [2.05, 4.69) is 6.58 Å². The van der Waals surface area contributed by atoms with Crippen LogP contribution >= 0.6 is 22.6 Å². The quantitative estimate of drug-likeness (QED) is 0.279. The highest BCUT2D eigenvalue weighted by molar-refractivity contribution is 14.1. The Kier molecular flexibility index (Phi) is 6.25. The van der Waals surface area contributed by atoms with Gasteiger partial charge in [0, 0.05) is 12.1 Å². The average molecular weight is 455 g/mol.